The first-order chi connectivity index (χ1) is 20.1. The summed E-state index contributed by atoms with van der Waals surface area (Å²) in [6.45, 7) is 2.72. The number of para-hydroxylation sites is 1. The number of nitrogens with zero attached hydrogens (tertiary/aromatic N) is 1. The van der Waals surface area contributed by atoms with E-state index in [0.29, 0.717) is 24.0 Å². The summed E-state index contributed by atoms with van der Waals surface area (Å²) in [4.78, 5) is 16.7. The molecular formula is C35H36N2O3S. The van der Waals surface area contributed by atoms with Gasteiger partial charge in [0.25, 0.3) is 5.91 Å². The predicted octanol–water partition coefficient (Wildman–Crippen LogP) is 8.32. The smallest absolute Gasteiger partial charge is 0.262 e. The molecule has 1 heterocycles. The van der Waals surface area contributed by atoms with E-state index in [1.165, 1.54) is 17.2 Å². The molecule has 5 nitrogen and oxygen atoms in total. The molecule has 1 N–H and O–H groups in total. The van der Waals surface area contributed by atoms with Crippen molar-refractivity contribution >= 4 is 40.2 Å². The molecule has 2 fully saturated rings. The van der Waals surface area contributed by atoms with Crippen molar-refractivity contribution in [2.24, 2.45) is 5.92 Å². The van der Waals surface area contributed by atoms with Crippen molar-refractivity contribution in [2.45, 2.75) is 50.8 Å². The van der Waals surface area contributed by atoms with Gasteiger partial charge in [0.15, 0.2) is 17.0 Å². The highest BCUT2D eigenvalue weighted by atomic mass is 32.2. The first-order valence-electron chi connectivity index (χ1n) is 14.4. The lowest BCUT2D eigenvalue weighted by Gasteiger charge is -2.39. The quantitative estimate of drug-likeness (QED) is 0.218. The van der Waals surface area contributed by atoms with E-state index < -0.39 is 0 Å². The normalized spacial score (nSPS) is 21.8. The van der Waals surface area contributed by atoms with Crippen LogP contribution in [0.4, 0.5) is 5.69 Å². The number of fused-ring (bicyclic) bond motifs is 1. The Labute approximate surface area is 246 Å². The fourth-order valence-corrected chi connectivity index (χ4v) is 7.20. The number of amides is 1. The van der Waals surface area contributed by atoms with Crippen LogP contribution in [0.15, 0.2) is 95.9 Å². The van der Waals surface area contributed by atoms with Gasteiger partial charge in [-0.15, -0.1) is 0 Å². The van der Waals surface area contributed by atoms with E-state index in [9.17, 15) is 4.79 Å². The molecule has 1 aliphatic carbocycles. The van der Waals surface area contributed by atoms with E-state index in [0.717, 1.165) is 41.0 Å². The van der Waals surface area contributed by atoms with Gasteiger partial charge in [0.05, 0.1) is 12.0 Å². The molecule has 0 spiro atoms. The Bertz CT molecular complexity index is 1550. The summed E-state index contributed by atoms with van der Waals surface area (Å²) in [6.07, 6.45) is 6.59. The van der Waals surface area contributed by atoms with Gasteiger partial charge in [0.1, 0.15) is 6.61 Å². The van der Waals surface area contributed by atoms with Crippen LogP contribution < -0.4 is 14.8 Å². The van der Waals surface area contributed by atoms with E-state index in [1.807, 2.05) is 54.6 Å². The number of carbonyl (C=O) groups is 1. The van der Waals surface area contributed by atoms with Crippen LogP contribution in [0.2, 0.25) is 0 Å². The van der Waals surface area contributed by atoms with E-state index in [-0.39, 0.29) is 17.4 Å². The molecule has 1 amide bonds. The number of anilines is 1. The number of nitrogens with one attached hydrogen (secondary N) is 1. The lowest BCUT2D eigenvalue weighted by atomic mass is 9.85. The lowest BCUT2D eigenvalue weighted by Crippen LogP contribution is -2.48. The van der Waals surface area contributed by atoms with Crippen molar-refractivity contribution in [1.29, 1.82) is 0 Å². The van der Waals surface area contributed by atoms with E-state index in [2.05, 4.69) is 59.6 Å². The van der Waals surface area contributed by atoms with Crippen molar-refractivity contribution in [3.05, 3.63) is 107 Å². The van der Waals surface area contributed by atoms with Crippen LogP contribution in [0.3, 0.4) is 0 Å². The van der Waals surface area contributed by atoms with Gasteiger partial charge in [-0.05, 0) is 71.0 Å². The number of hydrogen-bond acceptors (Lipinski definition) is 5. The Kier molecular flexibility index (Phi) is 8.19. The fraction of sp³-hybridized carbons (Fsp3) is 0.286. The van der Waals surface area contributed by atoms with Crippen LogP contribution in [-0.2, 0) is 11.4 Å². The molecule has 1 aliphatic heterocycles. The van der Waals surface area contributed by atoms with Crippen LogP contribution >= 0.6 is 11.8 Å². The van der Waals surface area contributed by atoms with E-state index in [1.54, 1.807) is 18.9 Å². The van der Waals surface area contributed by atoms with Gasteiger partial charge in [-0.2, -0.15) is 0 Å². The number of rotatable bonds is 8. The molecular weight excluding hydrogens is 528 g/mol. The Balaban J connectivity index is 1.24. The second-order valence-corrected chi connectivity index (χ2v) is 12.0. The largest absolute Gasteiger partial charge is 0.493 e. The summed E-state index contributed by atoms with van der Waals surface area (Å²) >= 11 is 1.59. The lowest BCUT2D eigenvalue weighted by molar-refractivity contribution is -0.129. The van der Waals surface area contributed by atoms with Crippen molar-refractivity contribution < 1.29 is 14.3 Å². The molecule has 1 saturated heterocycles. The van der Waals surface area contributed by atoms with Gasteiger partial charge in [-0.25, -0.2) is 0 Å². The highest BCUT2D eigenvalue weighted by molar-refractivity contribution is 8.05. The number of benzene rings is 4. The number of carbonyl (C=O) groups excluding carboxylic acids is 1. The molecule has 1 saturated carbocycles. The molecule has 1 unspecified atom stereocenters. The van der Waals surface area contributed by atoms with Crippen LogP contribution in [0, 0.1) is 5.92 Å². The highest BCUT2D eigenvalue weighted by Gasteiger charge is 2.42. The third-order valence-corrected chi connectivity index (χ3v) is 9.29. The van der Waals surface area contributed by atoms with E-state index >= 15 is 0 Å². The van der Waals surface area contributed by atoms with Crippen molar-refractivity contribution in [3.63, 3.8) is 0 Å². The molecule has 6 rings (SSSR count). The monoisotopic (exact) mass is 564 g/mol. The summed E-state index contributed by atoms with van der Waals surface area (Å²) in [5.41, 5.74) is 2.90. The summed E-state index contributed by atoms with van der Waals surface area (Å²) in [6, 6.07) is 30.8. The summed E-state index contributed by atoms with van der Waals surface area (Å²) in [7, 11) is 1.65. The van der Waals surface area contributed by atoms with E-state index in [4.69, 9.17) is 9.47 Å². The van der Waals surface area contributed by atoms with Crippen molar-refractivity contribution in [1.82, 2.24) is 4.90 Å². The van der Waals surface area contributed by atoms with Crippen molar-refractivity contribution in [2.75, 3.05) is 12.4 Å². The average molecular weight is 565 g/mol. The molecule has 6 heteroatoms. The second-order valence-electron chi connectivity index (χ2n) is 10.9. The zero-order valence-corrected chi connectivity index (χ0v) is 24.4. The molecule has 0 aromatic heterocycles. The standard InChI is InChI=1S/C35H36N2O3S/c1-24-11-6-9-18-30(24)37-34(38)33(41-35(37)36-28-15-4-3-5-16-28)22-25-19-20-31(32(21-25)39-2)40-23-27-14-10-13-26-12-7-8-17-29(26)27/h3-5,7-8,10,12-17,19-22,24,30,35-36H,6,9,11,18,23H2,1-2H3/b33-22-/t24-,30+,35?/m1/s1. The third-order valence-electron chi connectivity index (χ3n) is 8.17. The maximum absolute atomic E-state index is 13.9. The highest BCUT2D eigenvalue weighted by Crippen LogP contribution is 2.42. The minimum absolute atomic E-state index is 0.0948. The summed E-state index contributed by atoms with van der Waals surface area (Å²) in [5.74, 6) is 1.89. The summed E-state index contributed by atoms with van der Waals surface area (Å²) < 4.78 is 11.9. The molecule has 2 aliphatic rings. The zero-order chi connectivity index (χ0) is 28.2. The Morgan fingerprint density at radius 3 is 2.54 bits per heavy atom. The molecule has 0 radical (unpaired) electrons. The van der Waals surface area contributed by atoms with Crippen LogP contribution in [-0.4, -0.2) is 29.5 Å². The predicted molar refractivity (Wildman–Crippen MR) is 169 cm³/mol. The first-order valence-corrected chi connectivity index (χ1v) is 15.3. The maximum atomic E-state index is 13.9. The molecule has 4 aromatic rings. The van der Waals surface area contributed by atoms with Crippen LogP contribution in [0.5, 0.6) is 11.5 Å². The zero-order valence-electron chi connectivity index (χ0n) is 23.6. The van der Waals surface area contributed by atoms with Crippen molar-refractivity contribution in [3.8, 4) is 11.5 Å². The van der Waals surface area contributed by atoms with Gasteiger partial charge < -0.3 is 19.7 Å². The van der Waals surface area contributed by atoms with Gasteiger partial charge in [0.2, 0.25) is 0 Å². The fourth-order valence-electron chi connectivity index (χ4n) is 5.99. The second kappa shape index (κ2) is 12.3. The Hall–Kier alpha value is -3.90. The van der Waals surface area contributed by atoms with Gasteiger partial charge in [-0.3, -0.25) is 4.79 Å². The van der Waals surface area contributed by atoms with Crippen LogP contribution in [0.1, 0.15) is 43.7 Å². The van der Waals surface area contributed by atoms with Gasteiger partial charge in [0, 0.05) is 11.7 Å². The van der Waals surface area contributed by atoms with Gasteiger partial charge >= 0.3 is 0 Å². The SMILES string of the molecule is COc1cc(/C=C2\SC(Nc3ccccc3)N([C@H]3CCCC[C@H]3C)C2=O)ccc1OCc1cccc2ccccc12. The average Bonchev–Trinajstić information content (AvgIpc) is 3.30. The Morgan fingerprint density at radius 1 is 0.927 bits per heavy atom. The minimum Gasteiger partial charge on any atom is -0.493 e. The molecule has 3 atom stereocenters. The number of hydrogen-bond donors (Lipinski definition) is 1. The number of ether oxygens (including phenoxy) is 2. The summed E-state index contributed by atoms with van der Waals surface area (Å²) in [5, 5.41) is 5.99. The van der Waals surface area contributed by atoms with Crippen LogP contribution in [0.25, 0.3) is 16.8 Å². The maximum Gasteiger partial charge on any atom is 0.262 e. The first kappa shape index (κ1) is 27.3. The minimum atomic E-state index is -0.146. The topological polar surface area (TPSA) is 50.8 Å². The number of thioether (sulfide) groups is 1. The third kappa shape index (κ3) is 5.94. The Morgan fingerprint density at radius 2 is 1.71 bits per heavy atom. The molecule has 41 heavy (non-hydrogen) atoms. The van der Waals surface area contributed by atoms with Gasteiger partial charge in [-0.1, -0.05) is 98.3 Å². The molecule has 210 valence electrons. The number of methoxy groups -OCH3 is 1. The molecule has 4 aromatic carbocycles. The molecule has 0 bridgehead atoms.